The number of aliphatic hydroxyl groups excluding tert-OH is 1. The molecule has 1 aliphatic rings. The number of hydrogen-bond donors (Lipinski definition) is 1. The van der Waals surface area contributed by atoms with Crippen molar-refractivity contribution in [2.24, 2.45) is 5.11 Å². The molecule has 2 atom stereocenters. The first kappa shape index (κ1) is 12.2. The van der Waals surface area contributed by atoms with Crippen LogP contribution in [0.3, 0.4) is 0 Å². The van der Waals surface area contributed by atoms with Gasteiger partial charge in [-0.2, -0.15) is 0 Å². The predicted octanol–water partition coefficient (Wildman–Crippen LogP) is 3.78. The molecule has 0 aliphatic heterocycles. The summed E-state index contributed by atoms with van der Waals surface area (Å²) in [5.74, 6) is 0. The molecule has 0 radical (unpaired) electrons. The van der Waals surface area contributed by atoms with E-state index in [2.05, 4.69) is 10.0 Å². The predicted molar refractivity (Wildman–Crippen MR) is 66.8 cm³/mol. The van der Waals surface area contributed by atoms with Crippen molar-refractivity contribution in [2.45, 2.75) is 37.3 Å². The van der Waals surface area contributed by atoms with Crippen LogP contribution in [0.4, 0.5) is 0 Å². The molecule has 0 unspecified atom stereocenters. The molecular weight excluding hydrogens is 238 g/mol. The van der Waals surface area contributed by atoms with E-state index in [-0.39, 0.29) is 0 Å². The number of nitrogens with zero attached hydrogens (tertiary/aromatic N) is 3. The van der Waals surface area contributed by atoms with Gasteiger partial charge in [0.2, 0.25) is 0 Å². The van der Waals surface area contributed by atoms with E-state index in [0.717, 1.165) is 18.4 Å². The van der Waals surface area contributed by atoms with E-state index in [1.165, 1.54) is 0 Å². The normalized spacial score (nSPS) is 28.5. The summed E-state index contributed by atoms with van der Waals surface area (Å²) in [5.41, 5.74) is 8.59. The maximum atomic E-state index is 10.2. The molecular formula is C12H14ClN3O. The summed E-state index contributed by atoms with van der Waals surface area (Å²) in [4.78, 5) is 2.91. The van der Waals surface area contributed by atoms with Crippen molar-refractivity contribution in [3.63, 3.8) is 0 Å². The molecule has 0 amide bonds. The van der Waals surface area contributed by atoms with E-state index in [1.807, 2.05) is 18.2 Å². The fourth-order valence-electron chi connectivity index (χ4n) is 2.51. The van der Waals surface area contributed by atoms with Crippen LogP contribution in [-0.2, 0) is 5.54 Å². The largest absolute Gasteiger partial charge is 0.392 e. The molecule has 2 rings (SSSR count). The van der Waals surface area contributed by atoms with Crippen LogP contribution in [-0.4, -0.2) is 11.2 Å². The summed E-state index contributed by atoms with van der Waals surface area (Å²) in [7, 11) is 0. The molecule has 4 nitrogen and oxygen atoms in total. The Morgan fingerprint density at radius 2 is 2.18 bits per heavy atom. The highest BCUT2D eigenvalue weighted by Crippen LogP contribution is 2.43. The Morgan fingerprint density at radius 1 is 1.41 bits per heavy atom. The Hall–Kier alpha value is -1.22. The molecule has 1 fully saturated rings. The van der Waals surface area contributed by atoms with Crippen LogP contribution in [0.2, 0.25) is 5.02 Å². The van der Waals surface area contributed by atoms with Gasteiger partial charge in [0.1, 0.15) is 5.54 Å². The molecule has 1 aromatic rings. The number of azide groups is 1. The molecule has 1 aliphatic carbocycles. The lowest BCUT2D eigenvalue weighted by Gasteiger charge is -2.38. The number of aliphatic hydroxyl groups is 1. The third kappa shape index (κ3) is 2.12. The van der Waals surface area contributed by atoms with Crippen molar-refractivity contribution < 1.29 is 5.11 Å². The summed E-state index contributed by atoms with van der Waals surface area (Å²) in [6.07, 6.45) is 2.51. The molecule has 90 valence electrons. The highest BCUT2D eigenvalue weighted by atomic mass is 35.5. The summed E-state index contributed by atoms with van der Waals surface area (Å²) in [5, 5.41) is 14.6. The number of halogens is 1. The van der Waals surface area contributed by atoms with Gasteiger partial charge in [-0.25, -0.2) is 0 Å². The third-order valence-electron chi connectivity index (χ3n) is 3.40. The van der Waals surface area contributed by atoms with Gasteiger partial charge >= 0.3 is 0 Å². The molecule has 1 saturated carbocycles. The fourth-order valence-corrected chi connectivity index (χ4v) is 2.81. The van der Waals surface area contributed by atoms with E-state index < -0.39 is 11.6 Å². The van der Waals surface area contributed by atoms with Gasteiger partial charge in [-0.3, -0.25) is 0 Å². The van der Waals surface area contributed by atoms with E-state index >= 15 is 0 Å². The monoisotopic (exact) mass is 251 g/mol. The van der Waals surface area contributed by atoms with E-state index in [9.17, 15) is 5.11 Å². The summed E-state index contributed by atoms with van der Waals surface area (Å²) < 4.78 is 0. The molecule has 17 heavy (non-hydrogen) atoms. The minimum Gasteiger partial charge on any atom is -0.392 e. The average molecular weight is 252 g/mol. The van der Waals surface area contributed by atoms with Crippen LogP contribution >= 0.6 is 11.6 Å². The highest BCUT2D eigenvalue weighted by Gasteiger charge is 2.42. The van der Waals surface area contributed by atoms with Crippen LogP contribution in [0.25, 0.3) is 10.4 Å². The first-order valence-corrected chi connectivity index (χ1v) is 6.08. The summed E-state index contributed by atoms with van der Waals surface area (Å²) in [6.45, 7) is 0. The van der Waals surface area contributed by atoms with Crippen molar-refractivity contribution in [1.29, 1.82) is 0 Å². The lowest BCUT2D eigenvalue weighted by molar-refractivity contribution is 0.0453. The topological polar surface area (TPSA) is 69.0 Å². The minimum atomic E-state index is -0.897. The number of hydrogen-bond acceptors (Lipinski definition) is 2. The molecule has 0 aromatic heterocycles. The summed E-state index contributed by atoms with van der Waals surface area (Å²) in [6, 6.07) is 7.25. The Bertz CT molecular complexity index is 459. The molecule has 0 heterocycles. The average Bonchev–Trinajstić information content (AvgIpc) is 2.33. The van der Waals surface area contributed by atoms with Crippen molar-refractivity contribution in [3.8, 4) is 0 Å². The second-order valence-electron chi connectivity index (χ2n) is 4.36. The zero-order valence-electron chi connectivity index (χ0n) is 9.38. The standard InChI is InChI=1S/C12H14ClN3O/c13-10-6-2-1-5-9(10)12(15-16-14)8-4-3-7-11(12)17/h1-2,5-6,11,17H,3-4,7-8H2/t11-,12-/m0/s1. The molecule has 1 N–H and O–H groups in total. The van der Waals surface area contributed by atoms with Crippen molar-refractivity contribution in [2.75, 3.05) is 0 Å². The Kier molecular flexibility index (Phi) is 3.57. The van der Waals surface area contributed by atoms with Gasteiger partial charge in [0, 0.05) is 9.93 Å². The highest BCUT2D eigenvalue weighted by molar-refractivity contribution is 6.31. The smallest absolute Gasteiger partial charge is 0.101 e. The van der Waals surface area contributed by atoms with E-state index in [0.29, 0.717) is 17.9 Å². The van der Waals surface area contributed by atoms with Crippen LogP contribution in [0, 0.1) is 0 Å². The first-order chi connectivity index (χ1) is 8.20. The summed E-state index contributed by atoms with van der Waals surface area (Å²) >= 11 is 6.15. The first-order valence-electron chi connectivity index (χ1n) is 5.70. The zero-order valence-corrected chi connectivity index (χ0v) is 10.1. The molecule has 5 heteroatoms. The third-order valence-corrected chi connectivity index (χ3v) is 3.73. The van der Waals surface area contributed by atoms with Gasteiger partial charge in [0.25, 0.3) is 0 Å². The van der Waals surface area contributed by atoms with Crippen molar-refractivity contribution in [1.82, 2.24) is 0 Å². The van der Waals surface area contributed by atoms with E-state index in [4.69, 9.17) is 17.1 Å². The Labute approximate surface area is 105 Å². The fraction of sp³-hybridized carbons (Fsp3) is 0.500. The lowest BCUT2D eigenvalue weighted by atomic mass is 9.75. The number of rotatable bonds is 2. The van der Waals surface area contributed by atoms with E-state index in [1.54, 1.807) is 6.07 Å². The Balaban J connectivity index is 2.54. The van der Waals surface area contributed by atoms with Gasteiger partial charge in [-0.05, 0) is 30.0 Å². The van der Waals surface area contributed by atoms with Gasteiger partial charge in [-0.1, -0.05) is 47.8 Å². The molecule has 1 aromatic carbocycles. The maximum absolute atomic E-state index is 10.2. The number of benzene rings is 1. The molecule has 0 spiro atoms. The Morgan fingerprint density at radius 3 is 2.82 bits per heavy atom. The quantitative estimate of drug-likeness (QED) is 0.485. The SMILES string of the molecule is [N-]=[N+]=N[C@]1(c2ccccc2Cl)CCCC[C@@H]1O. The maximum Gasteiger partial charge on any atom is 0.101 e. The van der Waals surface area contributed by atoms with Crippen molar-refractivity contribution >= 4 is 11.6 Å². The van der Waals surface area contributed by atoms with Gasteiger partial charge in [0.05, 0.1) is 6.10 Å². The zero-order chi connectivity index (χ0) is 12.3. The van der Waals surface area contributed by atoms with Crippen LogP contribution in [0.5, 0.6) is 0 Å². The second kappa shape index (κ2) is 4.96. The van der Waals surface area contributed by atoms with Crippen LogP contribution < -0.4 is 0 Å². The second-order valence-corrected chi connectivity index (χ2v) is 4.76. The van der Waals surface area contributed by atoms with Crippen molar-refractivity contribution in [3.05, 3.63) is 45.3 Å². The van der Waals surface area contributed by atoms with Gasteiger partial charge < -0.3 is 5.11 Å². The molecule has 0 saturated heterocycles. The molecule has 0 bridgehead atoms. The van der Waals surface area contributed by atoms with Crippen LogP contribution in [0.15, 0.2) is 29.4 Å². The minimum absolute atomic E-state index is 0.542. The van der Waals surface area contributed by atoms with Crippen LogP contribution in [0.1, 0.15) is 31.2 Å². The van der Waals surface area contributed by atoms with Gasteiger partial charge in [0.15, 0.2) is 0 Å². The van der Waals surface area contributed by atoms with Gasteiger partial charge in [-0.15, -0.1) is 0 Å². The lowest BCUT2D eigenvalue weighted by Crippen LogP contribution is -2.40.